The van der Waals surface area contributed by atoms with Crippen molar-refractivity contribution in [3.05, 3.63) is 77.6 Å². The van der Waals surface area contributed by atoms with Crippen LogP contribution in [0.2, 0.25) is 0 Å². The van der Waals surface area contributed by atoms with E-state index in [2.05, 4.69) is 15.6 Å². The van der Waals surface area contributed by atoms with Gasteiger partial charge >= 0.3 is 0 Å². The van der Waals surface area contributed by atoms with E-state index >= 15 is 0 Å². The summed E-state index contributed by atoms with van der Waals surface area (Å²) in [6.45, 7) is 2.50. The van der Waals surface area contributed by atoms with Crippen molar-refractivity contribution in [1.29, 1.82) is 0 Å². The zero-order valence-electron chi connectivity index (χ0n) is 12.2. The van der Waals surface area contributed by atoms with Crippen LogP contribution in [-0.4, -0.2) is 20.9 Å². The van der Waals surface area contributed by atoms with E-state index < -0.39 is 0 Å². The third kappa shape index (κ3) is 3.03. The van der Waals surface area contributed by atoms with Crippen LogP contribution in [0, 0.1) is 6.92 Å². The Morgan fingerprint density at radius 2 is 1.82 bits per heavy atom. The molecule has 0 radical (unpaired) electrons. The standard InChI is InChI=1S/C17H16N4O/c1-13-7-5-6-8-14(13)11-18-17(22)16-12-21(20-19-16)15-9-3-2-4-10-15/h2-10,12H,11H2,1H3,(H,18,22). The van der Waals surface area contributed by atoms with E-state index in [0.29, 0.717) is 12.2 Å². The minimum Gasteiger partial charge on any atom is -0.347 e. The Morgan fingerprint density at radius 1 is 1.09 bits per heavy atom. The number of rotatable bonds is 4. The van der Waals surface area contributed by atoms with Crippen LogP contribution in [0.1, 0.15) is 21.6 Å². The van der Waals surface area contributed by atoms with E-state index in [1.807, 2.05) is 61.5 Å². The molecule has 0 bridgehead atoms. The number of carbonyl (C=O) groups excluding carboxylic acids is 1. The molecule has 3 rings (SSSR count). The molecule has 5 nitrogen and oxygen atoms in total. The quantitative estimate of drug-likeness (QED) is 0.803. The number of nitrogens with one attached hydrogen (secondary N) is 1. The van der Waals surface area contributed by atoms with Crippen LogP contribution < -0.4 is 5.32 Å². The first kappa shape index (κ1) is 14.0. The zero-order valence-corrected chi connectivity index (χ0v) is 12.2. The molecule has 0 aliphatic heterocycles. The molecule has 22 heavy (non-hydrogen) atoms. The molecule has 1 heterocycles. The Hall–Kier alpha value is -2.95. The lowest BCUT2D eigenvalue weighted by Crippen LogP contribution is -2.23. The molecule has 0 saturated heterocycles. The van der Waals surface area contributed by atoms with Gasteiger partial charge in [-0.3, -0.25) is 4.79 Å². The molecule has 0 aliphatic carbocycles. The molecule has 0 atom stereocenters. The van der Waals surface area contributed by atoms with Crippen LogP contribution in [0.25, 0.3) is 5.69 Å². The molecule has 0 spiro atoms. The monoisotopic (exact) mass is 292 g/mol. The maximum Gasteiger partial charge on any atom is 0.273 e. The van der Waals surface area contributed by atoms with Crippen molar-refractivity contribution >= 4 is 5.91 Å². The largest absolute Gasteiger partial charge is 0.347 e. The molecule has 2 aromatic carbocycles. The van der Waals surface area contributed by atoms with Gasteiger partial charge in [-0.05, 0) is 30.2 Å². The van der Waals surface area contributed by atoms with E-state index in [4.69, 9.17) is 0 Å². The highest BCUT2D eigenvalue weighted by atomic mass is 16.2. The van der Waals surface area contributed by atoms with Gasteiger partial charge in [0, 0.05) is 6.54 Å². The van der Waals surface area contributed by atoms with Crippen LogP contribution >= 0.6 is 0 Å². The van der Waals surface area contributed by atoms with Gasteiger partial charge in [-0.1, -0.05) is 47.7 Å². The summed E-state index contributed by atoms with van der Waals surface area (Å²) >= 11 is 0. The van der Waals surface area contributed by atoms with Crippen molar-refractivity contribution in [3.63, 3.8) is 0 Å². The fraction of sp³-hybridized carbons (Fsp3) is 0.118. The summed E-state index contributed by atoms with van der Waals surface area (Å²) in [7, 11) is 0. The maximum absolute atomic E-state index is 12.1. The number of carbonyl (C=O) groups is 1. The number of aryl methyl sites for hydroxylation is 1. The van der Waals surface area contributed by atoms with Crippen LogP contribution in [0.4, 0.5) is 0 Å². The molecule has 3 aromatic rings. The summed E-state index contributed by atoms with van der Waals surface area (Å²) in [5.41, 5.74) is 3.41. The molecular formula is C17H16N4O. The molecule has 5 heteroatoms. The first-order valence-electron chi connectivity index (χ1n) is 7.04. The molecule has 0 unspecified atom stereocenters. The van der Waals surface area contributed by atoms with Gasteiger partial charge in [-0.25, -0.2) is 4.68 Å². The van der Waals surface area contributed by atoms with Crippen LogP contribution in [0.5, 0.6) is 0 Å². The number of nitrogens with zero attached hydrogens (tertiary/aromatic N) is 3. The summed E-state index contributed by atoms with van der Waals surface area (Å²) in [5, 5.41) is 10.8. The molecule has 1 aromatic heterocycles. The second-order valence-corrected chi connectivity index (χ2v) is 4.99. The number of hydrogen-bond donors (Lipinski definition) is 1. The van der Waals surface area contributed by atoms with Crippen molar-refractivity contribution in [1.82, 2.24) is 20.3 Å². The summed E-state index contributed by atoms with van der Waals surface area (Å²) in [5.74, 6) is -0.231. The number of para-hydroxylation sites is 1. The second kappa shape index (κ2) is 6.22. The smallest absolute Gasteiger partial charge is 0.273 e. The zero-order chi connectivity index (χ0) is 15.4. The molecule has 1 amide bonds. The summed E-state index contributed by atoms with van der Waals surface area (Å²) < 4.78 is 1.59. The highest BCUT2D eigenvalue weighted by Gasteiger charge is 2.11. The van der Waals surface area contributed by atoms with Gasteiger partial charge in [0.05, 0.1) is 11.9 Å². The van der Waals surface area contributed by atoms with Gasteiger partial charge in [0.15, 0.2) is 5.69 Å². The lowest BCUT2D eigenvalue weighted by Gasteiger charge is -2.06. The lowest BCUT2D eigenvalue weighted by atomic mass is 10.1. The Bertz CT molecular complexity index is 780. The highest BCUT2D eigenvalue weighted by molar-refractivity contribution is 5.91. The van der Waals surface area contributed by atoms with Gasteiger partial charge in [0.1, 0.15) is 0 Å². The van der Waals surface area contributed by atoms with Crippen molar-refractivity contribution in [2.75, 3.05) is 0 Å². The van der Waals surface area contributed by atoms with Gasteiger partial charge in [0.2, 0.25) is 0 Å². The van der Waals surface area contributed by atoms with E-state index in [1.54, 1.807) is 10.9 Å². The van der Waals surface area contributed by atoms with E-state index in [1.165, 1.54) is 0 Å². The molecular weight excluding hydrogens is 276 g/mol. The average molecular weight is 292 g/mol. The second-order valence-electron chi connectivity index (χ2n) is 4.99. The van der Waals surface area contributed by atoms with Crippen molar-refractivity contribution in [2.45, 2.75) is 13.5 Å². The number of hydrogen-bond acceptors (Lipinski definition) is 3. The Kier molecular flexibility index (Phi) is 3.96. The van der Waals surface area contributed by atoms with E-state index in [-0.39, 0.29) is 5.91 Å². The topological polar surface area (TPSA) is 59.8 Å². The average Bonchev–Trinajstić information content (AvgIpc) is 3.05. The Balaban J connectivity index is 1.69. The molecule has 110 valence electrons. The number of benzene rings is 2. The van der Waals surface area contributed by atoms with Gasteiger partial charge in [0.25, 0.3) is 5.91 Å². The van der Waals surface area contributed by atoms with Crippen LogP contribution in [0.3, 0.4) is 0 Å². The SMILES string of the molecule is Cc1ccccc1CNC(=O)c1cn(-c2ccccc2)nn1. The van der Waals surface area contributed by atoms with Crippen molar-refractivity contribution in [2.24, 2.45) is 0 Å². The summed E-state index contributed by atoms with van der Waals surface area (Å²) in [6.07, 6.45) is 1.63. The molecule has 0 aliphatic rings. The van der Waals surface area contributed by atoms with Crippen LogP contribution in [-0.2, 0) is 6.54 Å². The van der Waals surface area contributed by atoms with Gasteiger partial charge < -0.3 is 5.32 Å². The van der Waals surface area contributed by atoms with Crippen molar-refractivity contribution in [3.8, 4) is 5.69 Å². The summed E-state index contributed by atoms with van der Waals surface area (Å²) in [4.78, 5) is 12.1. The van der Waals surface area contributed by atoms with Crippen LogP contribution in [0.15, 0.2) is 60.8 Å². The first-order chi connectivity index (χ1) is 10.7. The molecule has 0 saturated carbocycles. The minimum atomic E-state index is -0.231. The third-order valence-corrected chi connectivity index (χ3v) is 3.45. The first-order valence-corrected chi connectivity index (χ1v) is 7.04. The van der Waals surface area contributed by atoms with Crippen molar-refractivity contribution < 1.29 is 4.79 Å². The molecule has 0 fully saturated rings. The van der Waals surface area contributed by atoms with E-state index in [0.717, 1.165) is 16.8 Å². The highest BCUT2D eigenvalue weighted by Crippen LogP contribution is 2.08. The van der Waals surface area contributed by atoms with Gasteiger partial charge in [-0.2, -0.15) is 0 Å². The van der Waals surface area contributed by atoms with E-state index in [9.17, 15) is 4.79 Å². The molecule has 1 N–H and O–H groups in total. The fourth-order valence-electron chi connectivity index (χ4n) is 2.15. The Labute approximate surface area is 128 Å². The summed E-state index contributed by atoms with van der Waals surface area (Å²) in [6, 6.07) is 17.5. The lowest BCUT2D eigenvalue weighted by molar-refractivity contribution is 0.0946. The maximum atomic E-state index is 12.1. The predicted octanol–water partition coefficient (Wildman–Crippen LogP) is 2.51. The fourth-order valence-corrected chi connectivity index (χ4v) is 2.15. The normalized spacial score (nSPS) is 10.4. The van der Waals surface area contributed by atoms with Gasteiger partial charge in [-0.15, -0.1) is 5.10 Å². The minimum absolute atomic E-state index is 0.231. The Morgan fingerprint density at radius 3 is 2.59 bits per heavy atom. The number of amides is 1. The third-order valence-electron chi connectivity index (χ3n) is 3.45. The predicted molar refractivity (Wildman–Crippen MR) is 83.7 cm³/mol. The number of aromatic nitrogens is 3.